The third-order valence-electron chi connectivity index (χ3n) is 3.54. The topological polar surface area (TPSA) is 46.8 Å². The van der Waals surface area contributed by atoms with Crippen LogP contribution in [0.2, 0.25) is 0 Å². The second-order valence-electron chi connectivity index (χ2n) is 5.02. The Labute approximate surface area is 113 Å². The molecule has 1 aliphatic heterocycles. The Hall–Kier alpha value is -1.91. The molecule has 0 atom stereocenters. The molecule has 0 N–H and O–H groups in total. The van der Waals surface area contributed by atoms with Crippen molar-refractivity contribution in [3.8, 4) is 0 Å². The van der Waals surface area contributed by atoms with Gasteiger partial charge in [0, 0.05) is 31.0 Å². The highest BCUT2D eigenvalue weighted by atomic mass is 15.3. The summed E-state index contributed by atoms with van der Waals surface area (Å²) in [5.74, 6) is 1.94. The van der Waals surface area contributed by atoms with Crippen LogP contribution in [-0.4, -0.2) is 26.1 Å². The van der Waals surface area contributed by atoms with Crippen molar-refractivity contribution in [3.63, 3.8) is 0 Å². The van der Waals surface area contributed by atoms with Crippen LogP contribution in [0.4, 0.5) is 5.82 Å². The lowest BCUT2D eigenvalue weighted by molar-refractivity contribution is 0.564. The molecule has 3 heterocycles. The average molecular weight is 257 g/mol. The zero-order chi connectivity index (χ0) is 13.2. The predicted molar refractivity (Wildman–Crippen MR) is 74.0 cm³/mol. The maximum Gasteiger partial charge on any atom is 0.135 e. The Bertz CT molecular complexity index is 575. The first-order valence-corrected chi connectivity index (χ1v) is 6.84. The van der Waals surface area contributed by atoms with E-state index in [0.717, 1.165) is 44.1 Å². The van der Waals surface area contributed by atoms with E-state index in [1.807, 2.05) is 25.6 Å². The first-order valence-electron chi connectivity index (χ1n) is 6.84. The lowest BCUT2D eigenvalue weighted by Gasteiger charge is -2.30. The number of fused-ring (bicyclic) bond motifs is 1. The van der Waals surface area contributed by atoms with Crippen molar-refractivity contribution >= 4 is 5.82 Å². The highest BCUT2D eigenvalue weighted by molar-refractivity contribution is 5.47. The van der Waals surface area contributed by atoms with Gasteiger partial charge in [0.25, 0.3) is 0 Å². The van der Waals surface area contributed by atoms with Gasteiger partial charge < -0.3 is 9.47 Å². The smallest absolute Gasteiger partial charge is 0.135 e. The van der Waals surface area contributed by atoms with E-state index in [4.69, 9.17) is 0 Å². The molecular formula is C14H19N5. The van der Waals surface area contributed by atoms with Crippen molar-refractivity contribution in [1.82, 2.24) is 19.5 Å². The summed E-state index contributed by atoms with van der Waals surface area (Å²) in [6.07, 6.45) is 7.98. The van der Waals surface area contributed by atoms with Crippen LogP contribution in [0.15, 0.2) is 18.7 Å². The molecule has 0 spiro atoms. The summed E-state index contributed by atoms with van der Waals surface area (Å²) in [6, 6.07) is 0. The fourth-order valence-electron chi connectivity index (χ4n) is 2.57. The second kappa shape index (κ2) is 4.99. The largest absolute Gasteiger partial charge is 0.349 e. The molecule has 1 aliphatic rings. The lowest BCUT2D eigenvalue weighted by Crippen LogP contribution is -2.34. The summed E-state index contributed by atoms with van der Waals surface area (Å²) in [6.45, 7) is 6.98. The molecule has 2 aromatic heterocycles. The van der Waals surface area contributed by atoms with E-state index in [9.17, 15) is 0 Å². The summed E-state index contributed by atoms with van der Waals surface area (Å²) in [7, 11) is 0. The van der Waals surface area contributed by atoms with E-state index >= 15 is 0 Å². The molecule has 0 fully saturated rings. The highest BCUT2D eigenvalue weighted by Crippen LogP contribution is 2.23. The van der Waals surface area contributed by atoms with Crippen molar-refractivity contribution in [2.75, 3.05) is 11.4 Å². The predicted octanol–water partition coefficient (Wildman–Crippen LogP) is 1.95. The third-order valence-corrected chi connectivity index (χ3v) is 3.54. The molecule has 0 aliphatic carbocycles. The summed E-state index contributed by atoms with van der Waals surface area (Å²) in [5, 5.41) is 0. The van der Waals surface area contributed by atoms with Gasteiger partial charge in [0.15, 0.2) is 0 Å². The normalized spacial score (nSPS) is 14.5. The number of hydrogen-bond acceptors (Lipinski definition) is 4. The van der Waals surface area contributed by atoms with Gasteiger partial charge in [0.1, 0.15) is 11.6 Å². The molecule has 0 aromatic carbocycles. The average Bonchev–Trinajstić information content (AvgIpc) is 2.88. The number of imidazole rings is 1. The Morgan fingerprint density at radius 2 is 2.16 bits per heavy atom. The van der Waals surface area contributed by atoms with Gasteiger partial charge in [0.05, 0.1) is 18.6 Å². The molecule has 19 heavy (non-hydrogen) atoms. The van der Waals surface area contributed by atoms with E-state index in [1.165, 1.54) is 11.3 Å². The molecule has 0 saturated carbocycles. The number of nitrogens with zero attached hydrogens (tertiary/aromatic N) is 5. The second-order valence-corrected chi connectivity index (χ2v) is 5.02. The fourth-order valence-corrected chi connectivity index (χ4v) is 2.57. The fraction of sp³-hybridized carbons (Fsp3) is 0.500. The van der Waals surface area contributed by atoms with Crippen LogP contribution in [-0.2, 0) is 19.5 Å². The monoisotopic (exact) mass is 257 g/mol. The molecule has 0 unspecified atom stereocenters. The zero-order valence-electron chi connectivity index (χ0n) is 11.5. The quantitative estimate of drug-likeness (QED) is 0.843. The summed E-state index contributed by atoms with van der Waals surface area (Å²) in [4.78, 5) is 15.5. The third kappa shape index (κ3) is 2.32. The van der Waals surface area contributed by atoms with Gasteiger partial charge in [-0.1, -0.05) is 13.3 Å². The molecule has 5 heteroatoms. The SMILES string of the molecule is CCCc1cnc(C)nc1N1CCn2cncc2C1. The molecular weight excluding hydrogens is 238 g/mol. The zero-order valence-corrected chi connectivity index (χ0v) is 11.5. The van der Waals surface area contributed by atoms with Crippen LogP contribution < -0.4 is 4.90 Å². The Balaban J connectivity index is 1.92. The molecule has 0 bridgehead atoms. The van der Waals surface area contributed by atoms with E-state index in [1.54, 1.807) is 0 Å². The minimum absolute atomic E-state index is 0.842. The first kappa shape index (κ1) is 12.1. The molecule has 3 rings (SSSR count). The number of rotatable bonds is 3. The van der Waals surface area contributed by atoms with Crippen molar-refractivity contribution in [1.29, 1.82) is 0 Å². The molecule has 0 amide bonds. The van der Waals surface area contributed by atoms with Crippen molar-refractivity contribution in [2.24, 2.45) is 0 Å². The van der Waals surface area contributed by atoms with E-state index in [-0.39, 0.29) is 0 Å². The van der Waals surface area contributed by atoms with Crippen LogP contribution >= 0.6 is 0 Å². The summed E-state index contributed by atoms with van der Waals surface area (Å²) < 4.78 is 2.21. The standard InChI is InChI=1S/C14H19N5/c1-3-4-12-7-16-11(2)17-14(12)18-5-6-19-10-15-8-13(19)9-18/h7-8,10H,3-6,9H2,1-2H3. The van der Waals surface area contributed by atoms with Crippen LogP contribution in [0.25, 0.3) is 0 Å². The summed E-state index contributed by atoms with van der Waals surface area (Å²) in [5.41, 5.74) is 2.51. The van der Waals surface area contributed by atoms with E-state index in [2.05, 4.69) is 31.3 Å². The van der Waals surface area contributed by atoms with E-state index in [0.29, 0.717) is 0 Å². The molecule has 2 aromatic rings. The van der Waals surface area contributed by atoms with Crippen LogP contribution in [0.1, 0.15) is 30.4 Å². The van der Waals surface area contributed by atoms with Gasteiger partial charge in [-0.3, -0.25) is 0 Å². The van der Waals surface area contributed by atoms with Crippen LogP contribution in [0.5, 0.6) is 0 Å². The van der Waals surface area contributed by atoms with Gasteiger partial charge in [0.2, 0.25) is 0 Å². The van der Waals surface area contributed by atoms with E-state index < -0.39 is 0 Å². The minimum atomic E-state index is 0.842. The Kier molecular flexibility index (Phi) is 3.19. The number of hydrogen-bond donors (Lipinski definition) is 0. The highest BCUT2D eigenvalue weighted by Gasteiger charge is 2.19. The van der Waals surface area contributed by atoms with Gasteiger partial charge in [-0.2, -0.15) is 0 Å². The van der Waals surface area contributed by atoms with Gasteiger partial charge in [-0.15, -0.1) is 0 Å². The maximum atomic E-state index is 4.66. The van der Waals surface area contributed by atoms with Crippen LogP contribution in [0.3, 0.4) is 0 Å². The van der Waals surface area contributed by atoms with Crippen molar-refractivity contribution < 1.29 is 0 Å². The van der Waals surface area contributed by atoms with Gasteiger partial charge in [-0.05, 0) is 13.3 Å². The van der Waals surface area contributed by atoms with Crippen LogP contribution in [0, 0.1) is 6.92 Å². The van der Waals surface area contributed by atoms with Gasteiger partial charge >= 0.3 is 0 Å². The molecule has 0 radical (unpaired) electrons. The number of aryl methyl sites for hydroxylation is 2. The molecule has 100 valence electrons. The minimum Gasteiger partial charge on any atom is -0.349 e. The maximum absolute atomic E-state index is 4.66. The summed E-state index contributed by atoms with van der Waals surface area (Å²) >= 11 is 0. The van der Waals surface area contributed by atoms with Crippen molar-refractivity contribution in [2.45, 2.75) is 39.8 Å². The van der Waals surface area contributed by atoms with Gasteiger partial charge in [-0.25, -0.2) is 15.0 Å². The lowest BCUT2D eigenvalue weighted by atomic mass is 10.1. The van der Waals surface area contributed by atoms with Crippen molar-refractivity contribution in [3.05, 3.63) is 35.8 Å². The Morgan fingerprint density at radius 1 is 1.26 bits per heavy atom. The first-order chi connectivity index (χ1) is 9.28. The molecule has 0 saturated heterocycles. The molecule has 5 nitrogen and oxygen atoms in total. The Morgan fingerprint density at radius 3 is 3.00 bits per heavy atom. The number of aromatic nitrogens is 4. The number of anilines is 1.